The van der Waals surface area contributed by atoms with E-state index in [2.05, 4.69) is 20.9 Å². The first-order valence-corrected chi connectivity index (χ1v) is 8.33. The number of halogens is 1. The van der Waals surface area contributed by atoms with Gasteiger partial charge in [-0.2, -0.15) is 0 Å². The second-order valence-corrected chi connectivity index (χ2v) is 7.72. The Morgan fingerprint density at radius 3 is 2.83 bits per heavy atom. The Morgan fingerprint density at radius 1 is 1.39 bits per heavy atom. The third-order valence-corrected chi connectivity index (χ3v) is 5.73. The molecule has 6 heteroatoms. The lowest BCUT2D eigenvalue weighted by atomic mass is 10.0. The molecule has 1 saturated heterocycles. The van der Waals surface area contributed by atoms with E-state index in [1.54, 1.807) is 18.5 Å². The second-order valence-electron chi connectivity index (χ2n) is 4.51. The molecule has 0 bridgehead atoms. The van der Waals surface area contributed by atoms with Crippen LogP contribution in [0.5, 0.6) is 0 Å². The first kappa shape index (κ1) is 13.7. The summed E-state index contributed by atoms with van der Waals surface area (Å²) >= 11 is 3.28. The van der Waals surface area contributed by atoms with Crippen LogP contribution in [0.15, 0.2) is 22.9 Å². The Kier molecular flexibility index (Phi) is 4.17. The van der Waals surface area contributed by atoms with Gasteiger partial charge in [-0.05, 0) is 40.4 Å². The smallest absolute Gasteiger partial charge is 0.160 e. The zero-order valence-electron chi connectivity index (χ0n) is 9.80. The molecule has 18 heavy (non-hydrogen) atoms. The van der Waals surface area contributed by atoms with Crippen LogP contribution in [0, 0.1) is 0 Å². The van der Waals surface area contributed by atoms with Gasteiger partial charge < -0.3 is 0 Å². The van der Waals surface area contributed by atoms with Crippen LogP contribution in [0.2, 0.25) is 0 Å². The van der Waals surface area contributed by atoms with Crippen LogP contribution in [0.3, 0.4) is 0 Å². The van der Waals surface area contributed by atoms with Crippen molar-refractivity contribution >= 4 is 31.6 Å². The van der Waals surface area contributed by atoms with Gasteiger partial charge in [0.1, 0.15) is 5.25 Å². The Morgan fingerprint density at radius 2 is 2.17 bits per heavy atom. The van der Waals surface area contributed by atoms with Crippen molar-refractivity contribution in [2.24, 2.45) is 0 Å². The van der Waals surface area contributed by atoms with E-state index in [0.717, 1.165) is 16.5 Å². The van der Waals surface area contributed by atoms with Crippen LogP contribution in [-0.4, -0.2) is 30.2 Å². The lowest BCUT2D eigenvalue weighted by Gasteiger charge is -2.20. The minimum atomic E-state index is -3.23. The molecule has 1 aliphatic rings. The van der Waals surface area contributed by atoms with E-state index in [-0.39, 0.29) is 18.0 Å². The summed E-state index contributed by atoms with van der Waals surface area (Å²) in [5, 5.41) is -0.815. The summed E-state index contributed by atoms with van der Waals surface area (Å²) in [7, 11) is -3.23. The van der Waals surface area contributed by atoms with Crippen molar-refractivity contribution in [2.45, 2.75) is 30.9 Å². The van der Waals surface area contributed by atoms with E-state index < -0.39 is 15.1 Å². The summed E-state index contributed by atoms with van der Waals surface area (Å²) in [6.07, 6.45) is 5.30. The van der Waals surface area contributed by atoms with Crippen molar-refractivity contribution in [2.75, 3.05) is 5.75 Å². The molecular formula is C12H14BrNO3S. The molecule has 1 aromatic heterocycles. The normalized spacial score (nSPS) is 22.6. The number of carbonyl (C=O) groups excluding carboxylic acids is 1. The molecule has 1 atom stereocenters. The SMILES string of the molecule is O=C(Cc1cncc(Br)c1)C1CCCCS1(=O)=O. The number of carbonyl (C=O) groups is 1. The van der Waals surface area contributed by atoms with Gasteiger partial charge in [-0.3, -0.25) is 9.78 Å². The summed E-state index contributed by atoms with van der Waals surface area (Å²) in [6, 6.07) is 1.79. The van der Waals surface area contributed by atoms with Gasteiger partial charge in [-0.1, -0.05) is 6.42 Å². The zero-order chi connectivity index (χ0) is 13.2. The molecule has 4 nitrogen and oxygen atoms in total. The molecule has 98 valence electrons. The van der Waals surface area contributed by atoms with Crippen molar-refractivity contribution in [1.29, 1.82) is 0 Å². The first-order valence-electron chi connectivity index (χ1n) is 5.83. The number of hydrogen-bond acceptors (Lipinski definition) is 4. The van der Waals surface area contributed by atoms with E-state index >= 15 is 0 Å². The highest BCUT2D eigenvalue weighted by molar-refractivity contribution is 9.10. The molecule has 0 aliphatic carbocycles. The topological polar surface area (TPSA) is 64.1 Å². The minimum Gasteiger partial charge on any atom is -0.298 e. The third-order valence-electron chi connectivity index (χ3n) is 3.08. The highest BCUT2D eigenvalue weighted by Crippen LogP contribution is 2.22. The van der Waals surface area contributed by atoms with Crippen molar-refractivity contribution in [3.05, 3.63) is 28.5 Å². The van der Waals surface area contributed by atoms with Gasteiger partial charge in [0.15, 0.2) is 15.6 Å². The van der Waals surface area contributed by atoms with Crippen LogP contribution in [0.4, 0.5) is 0 Å². The first-order chi connectivity index (χ1) is 8.49. The number of hydrogen-bond donors (Lipinski definition) is 0. The molecule has 2 heterocycles. The van der Waals surface area contributed by atoms with E-state index in [4.69, 9.17) is 0 Å². The summed E-state index contributed by atoms with van der Waals surface area (Å²) in [4.78, 5) is 16.0. The van der Waals surface area contributed by atoms with Gasteiger partial charge in [-0.25, -0.2) is 8.42 Å². The fourth-order valence-corrected chi connectivity index (χ4v) is 4.50. The fraction of sp³-hybridized carbons (Fsp3) is 0.500. The van der Waals surface area contributed by atoms with Gasteiger partial charge >= 0.3 is 0 Å². The fourth-order valence-electron chi connectivity index (χ4n) is 2.18. The van der Waals surface area contributed by atoms with E-state index in [1.807, 2.05) is 0 Å². The maximum Gasteiger partial charge on any atom is 0.160 e. The highest BCUT2D eigenvalue weighted by Gasteiger charge is 2.34. The number of ketones is 1. The Bertz CT molecular complexity index is 556. The summed E-state index contributed by atoms with van der Waals surface area (Å²) in [6.45, 7) is 0. The molecule has 0 amide bonds. The highest BCUT2D eigenvalue weighted by atomic mass is 79.9. The molecule has 0 aromatic carbocycles. The molecule has 1 unspecified atom stereocenters. The standard InChI is InChI=1S/C12H14BrNO3S/c13-10-5-9(7-14-8-10)6-11(15)12-3-1-2-4-18(12,16)17/h5,7-8,12H,1-4,6H2. The maximum atomic E-state index is 12.1. The van der Waals surface area contributed by atoms with Crippen LogP contribution < -0.4 is 0 Å². The van der Waals surface area contributed by atoms with Crippen molar-refractivity contribution in [1.82, 2.24) is 4.98 Å². The van der Waals surface area contributed by atoms with Crippen LogP contribution in [0.25, 0.3) is 0 Å². The molecule has 1 aromatic rings. The van der Waals surface area contributed by atoms with Gasteiger partial charge in [-0.15, -0.1) is 0 Å². The van der Waals surface area contributed by atoms with Crippen LogP contribution >= 0.6 is 15.9 Å². The lowest BCUT2D eigenvalue weighted by molar-refractivity contribution is -0.118. The van der Waals surface area contributed by atoms with Gasteiger partial charge in [0.25, 0.3) is 0 Å². The molecule has 0 saturated carbocycles. The van der Waals surface area contributed by atoms with Crippen LogP contribution in [0.1, 0.15) is 24.8 Å². The Hall–Kier alpha value is -0.750. The molecule has 0 N–H and O–H groups in total. The predicted molar refractivity (Wildman–Crippen MR) is 72.1 cm³/mol. The molecule has 0 spiro atoms. The van der Waals surface area contributed by atoms with E-state index in [0.29, 0.717) is 12.8 Å². The molecular weight excluding hydrogens is 318 g/mol. The van der Waals surface area contributed by atoms with E-state index in [9.17, 15) is 13.2 Å². The summed E-state index contributed by atoms with van der Waals surface area (Å²) in [5.74, 6) is -0.0743. The third kappa shape index (κ3) is 3.17. The van der Waals surface area contributed by atoms with Crippen molar-refractivity contribution < 1.29 is 13.2 Å². The number of pyridine rings is 1. The largest absolute Gasteiger partial charge is 0.298 e. The van der Waals surface area contributed by atoms with E-state index in [1.165, 1.54) is 0 Å². The van der Waals surface area contributed by atoms with Gasteiger partial charge in [0, 0.05) is 23.3 Å². The van der Waals surface area contributed by atoms with Gasteiger partial charge in [0.2, 0.25) is 0 Å². The quantitative estimate of drug-likeness (QED) is 0.848. The minimum absolute atomic E-state index is 0.135. The number of nitrogens with zero attached hydrogens (tertiary/aromatic N) is 1. The number of aromatic nitrogens is 1. The van der Waals surface area contributed by atoms with Crippen LogP contribution in [-0.2, 0) is 21.1 Å². The summed E-state index contributed by atoms with van der Waals surface area (Å²) in [5.41, 5.74) is 0.746. The average Bonchev–Trinajstić information content (AvgIpc) is 2.28. The zero-order valence-corrected chi connectivity index (χ0v) is 12.2. The Labute approximate surface area is 115 Å². The Balaban J connectivity index is 2.12. The monoisotopic (exact) mass is 331 g/mol. The number of Topliss-reactive ketones (excluding diaryl/α,β-unsaturated/α-hetero) is 1. The number of sulfone groups is 1. The van der Waals surface area contributed by atoms with Crippen molar-refractivity contribution in [3.8, 4) is 0 Å². The number of rotatable bonds is 3. The van der Waals surface area contributed by atoms with Gasteiger partial charge in [0.05, 0.1) is 5.75 Å². The van der Waals surface area contributed by atoms with Crippen molar-refractivity contribution in [3.63, 3.8) is 0 Å². The summed E-state index contributed by atoms with van der Waals surface area (Å²) < 4.78 is 24.5. The lowest BCUT2D eigenvalue weighted by Crippen LogP contribution is -2.36. The predicted octanol–water partition coefficient (Wildman–Crippen LogP) is 1.92. The average molecular weight is 332 g/mol. The molecule has 2 rings (SSSR count). The second kappa shape index (κ2) is 5.48. The maximum absolute atomic E-state index is 12.1. The molecule has 0 radical (unpaired) electrons. The molecule has 1 fully saturated rings. The molecule has 1 aliphatic heterocycles.